The van der Waals surface area contributed by atoms with Gasteiger partial charge in [-0.15, -0.1) is 0 Å². The molecule has 0 unspecified atom stereocenters. The maximum absolute atomic E-state index is 11.9. The third kappa shape index (κ3) is 5.71. The van der Waals surface area contributed by atoms with E-state index in [2.05, 4.69) is 0 Å². The summed E-state index contributed by atoms with van der Waals surface area (Å²) >= 11 is 0. The lowest BCUT2D eigenvalue weighted by Gasteiger charge is -2.37. The van der Waals surface area contributed by atoms with Crippen LogP contribution in [0.3, 0.4) is 0 Å². The molecule has 0 bridgehead atoms. The highest BCUT2D eigenvalue weighted by molar-refractivity contribution is 5.69. The summed E-state index contributed by atoms with van der Waals surface area (Å²) in [6, 6.07) is 3.00. The van der Waals surface area contributed by atoms with Crippen LogP contribution in [-0.2, 0) is 16.1 Å². The molecule has 1 heterocycles. The SMILES string of the molecule is CCOC(=O)CCCn1cc(OC(C)(C)C(C)(C)O)ccc1=O. The Morgan fingerprint density at radius 2 is 1.91 bits per heavy atom. The van der Waals surface area contributed by atoms with Crippen molar-refractivity contribution >= 4 is 5.97 Å². The summed E-state index contributed by atoms with van der Waals surface area (Å²) in [6.45, 7) is 9.41. The number of hydrogen-bond donors (Lipinski definition) is 1. The maximum Gasteiger partial charge on any atom is 0.305 e. The van der Waals surface area contributed by atoms with E-state index in [9.17, 15) is 14.7 Å². The quantitative estimate of drug-likeness (QED) is 0.741. The van der Waals surface area contributed by atoms with Gasteiger partial charge < -0.3 is 19.1 Å². The Labute approximate surface area is 137 Å². The van der Waals surface area contributed by atoms with Gasteiger partial charge in [0.25, 0.3) is 5.56 Å². The van der Waals surface area contributed by atoms with Crippen molar-refractivity contribution in [1.29, 1.82) is 0 Å². The Kier molecular flexibility index (Phi) is 6.38. The number of esters is 1. The van der Waals surface area contributed by atoms with Crippen LogP contribution in [0.25, 0.3) is 0 Å². The highest BCUT2D eigenvalue weighted by atomic mass is 16.5. The van der Waals surface area contributed by atoms with Gasteiger partial charge in [-0.2, -0.15) is 0 Å². The van der Waals surface area contributed by atoms with E-state index >= 15 is 0 Å². The number of aryl methyl sites for hydroxylation is 1. The number of carbonyl (C=O) groups excluding carboxylic acids is 1. The number of aliphatic hydroxyl groups is 1. The zero-order chi connectivity index (χ0) is 17.7. The first-order valence-electron chi connectivity index (χ1n) is 7.84. The minimum atomic E-state index is -1.04. The summed E-state index contributed by atoms with van der Waals surface area (Å²) in [6.07, 6.45) is 2.37. The molecule has 130 valence electrons. The fourth-order valence-corrected chi connectivity index (χ4v) is 1.79. The molecule has 1 rings (SSSR count). The normalized spacial score (nSPS) is 12.1. The molecule has 0 aliphatic carbocycles. The van der Waals surface area contributed by atoms with E-state index in [0.717, 1.165) is 0 Å². The lowest BCUT2D eigenvalue weighted by atomic mass is 9.89. The zero-order valence-corrected chi connectivity index (χ0v) is 14.6. The molecule has 0 radical (unpaired) electrons. The number of pyridine rings is 1. The minimum absolute atomic E-state index is 0.165. The van der Waals surface area contributed by atoms with Crippen molar-refractivity contribution < 1.29 is 19.4 Å². The summed E-state index contributed by atoms with van der Waals surface area (Å²) in [5.41, 5.74) is -2.03. The van der Waals surface area contributed by atoms with Gasteiger partial charge in [0.05, 0.1) is 12.2 Å². The molecule has 0 saturated carbocycles. The molecule has 1 aromatic heterocycles. The highest BCUT2D eigenvalue weighted by Crippen LogP contribution is 2.27. The summed E-state index contributed by atoms with van der Waals surface area (Å²) in [5.74, 6) is 0.226. The molecular weight excluding hydrogens is 298 g/mol. The fraction of sp³-hybridized carbons (Fsp3) is 0.647. The van der Waals surface area contributed by atoms with Crippen molar-refractivity contribution in [2.45, 2.75) is 65.2 Å². The Morgan fingerprint density at radius 3 is 2.48 bits per heavy atom. The lowest BCUT2D eigenvalue weighted by molar-refractivity contribution is -0.143. The highest BCUT2D eigenvalue weighted by Gasteiger charge is 2.37. The molecule has 0 saturated heterocycles. The number of rotatable bonds is 8. The van der Waals surface area contributed by atoms with Crippen molar-refractivity contribution in [2.24, 2.45) is 0 Å². The van der Waals surface area contributed by atoms with Crippen LogP contribution in [0, 0.1) is 0 Å². The second kappa shape index (κ2) is 7.64. The number of ether oxygens (including phenoxy) is 2. The summed E-state index contributed by atoms with van der Waals surface area (Å²) < 4.78 is 12.2. The Morgan fingerprint density at radius 1 is 1.26 bits per heavy atom. The van der Waals surface area contributed by atoms with E-state index in [1.54, 1.807) is 46.9 Å². The van der Waals surface area contributed by atoms with Crippen LogP contribution in [0.15, 0.2) is 23.1 Å². The predicted octanol–water partition coefficient (Wildman–Crippen LogP) is 2.12. The summed E-state index contributed by atoms with van der Waals surface area (Å²) in [7, 11) is 0. The minimum Gasteiger partial charge on any atom is -0.483 e. The third-order valence-electron chi connectivity index (χ3n) is 3.89. The number of carbonyl (C=O) groups is 1. The van der Waals surface area contributed by atoms with Gasteiger partial charge >= 0.3 is 5.97 Å². The average Bonchev–Trinajstić information content (AvgIpc) is 2.41. The number of aromatic nitrogens is 1. The van der Waals surface area contributed by atoms with Crippen LogP contribution in [0.1, 0.15) is 47.5 Å². The van der Waals surface area contributed by atoms with E-state index in [-0.39, 0.29) is 17.9 Å². The molecule has 0 aromatic carbocycles. The first-order valence-corrected chi connectivity index (χ1v) is 7.84. The van der Waals surface area contributed by atoms with E-state index in [0.29, 0.717) is 25.3 Å². The largest absolute Gasteiger partial charge is 0.483 e. The second-order valence-corrected chi connectivity index (χ2v) is 6.48. The number of nitrogens with zero attached hydrogens (tertiary/aromatic N) is 1. The van der Waals surface area contributed by atoms with Crippen molar-refractivity contribution in [3.8, 4) is 5.75 Å². The van der Waals surface area contributed by atoms with E-state index < -0.39 is 11.2 Å². The first kappa shape index (κ1) is 19.2. The second-order valence-electron chi connectivity index (χ2n) is 6.48. The Hall–Kier alpha value is -1.82. The monoisotopic (exact) mass is 325 g/mol. The molecular formula is C17H27NO5. The summed E-state index contributed by atoms with van der Waals surface area (Å²) in [5, 5.41) is 10.1. The average molecular weight is 325 g/mol. The van der Waals surface area contributed by atoms with Crippen LogP contribution in [-0.4, -0.2) is 33.5 Å². The van der Waals surface area contributed by atoms with E-state index in [1.165, 1.54) is 10.6 Å². The molecule has 0 amide bonds. The molecule has 6 heteroatoms. The standard InChI is InChI=1S/C17H27NO5/c1-6-22-15(20)8-7-11-18-12-13(9-10-14(18)19)23-17(4,5)16(2,3)21/h9-10,12,21H,6-8,11H2,1-5H3. The van der Waals surface area contributed by atoms with Crippen LogP contribution in [0.4, 0.5) is 0 Å². The molecule has 0 aliphatic rings. The van der Waals surface area contributed by atoms with Crippen molar-refractivity contribution in [2.75, 3.05) is 6.61 Å². The predicted molar refractivity (Wildman–Crippen MR) is 87.6 cm³/mol. The smallest absolute Gasteiger partial charge is 0.305 e. The third-order valence-corrected chi connectivity index (χ3v) is 3.89. The molecule has 1 N–H and O–H groups in total. The first-order chi connectivity index (χ1) is 10.6. The van der Waals surface area contributed by atoms with Gasteiger partial charge in [0.15, 0.2) is 0 Å². The lowest BCUT2D eigenvalue weighted by Crippen LogP contribution is -2.49. The summed E-state index contributed by atoms with van der Waals surface area (Å²) in [4.78, 5) is 23.2. The van der Waals surface area contributed by atoms with Crippen molar-refractivity contribution in [1.82, 2.24) is 4.57 Å². The fourth-order valence-electron chi connectivity index (χ4n) is 1.79. The number of hydrogen-bond acceptors (Lipinski definition) is 5. The van der Waals surface area contributed by atoms with Gasteiger partial charge in [-0.3, -0.25) is 9.59 Å². The molecule has 0 atom stereocenters. The Balaban J connectivity index is 2.76. The molecule has 0 fully saturated rings. The van der Waals surface area contributed by atoms with Gasteiger partial charge in [0, 0.05) is 25.2 Å². The Bertz CT molecular complexity index is 583. The van der Waals surface area contributed by atoms with Gasteiger partial charge in [0.1, 0.15) is 11.4 Å². The van der Waals surface area contributed by atoms with Gasteiger partial charge in [-0.25, -0.2) is 0 Å². The van der Waals surface area contributed by atoms with Crippen LogP contribution < -0.4 is 10.3 Å². The van der Waals surface area contributed by atoms with Gasteiger partial charge in [0.2, 0.25) is 0 Å². The van der Waals surface area contributed by atoms with E-state index in [1.807, 2.05) is 0 Å². The van der Waals surface area contributed by atoms with Gasteiger partial charge in [-0.1, -0.05) is 0 Å². The van der Waals surface area contributed by atoms with E-state index in [4.69, 9.17) is 9.47 Å². The van der Waals surface area contributed by atoms with Gasteiger partial charge in [-0.05, 0) is 47.1 Å². The van der Waals surface area contributed by atoms with Crippen molar-refractivity contribution in [3.05, 3.63) is 28.7 Å². The topological polar surface area (TPSA) is 77.8 Å². The zero-order valence-electron chi connectivity index (χ0n) is 14.6. The van der Waals surface area contributed by atoms with Crippen LogP contribution in [0.2, 0.25) is 0 Å². The molecule has 0 spiro atoms. The molecule has 6 nitrogen and oxygen atoms in total. The van der Waals surface area contributed by atoms with Crippen LogP contribution in [0.5, 0.6) is 5.75 Å². The van der Waals surface area contributed by atoms with Crippen LogP contribution >= 0.6 is 0 Å². The molecule has 1 aromatic rings. The molecule has 0 aliphatic heterocycles. The molecule has 23 heavy (non-hydrogen) atoms. The maximum atomic E-state index is 11.9. The van der Waals surface area contributed by atoms with Crippen molar-refractivity contribution in [3.63, 3.8) is 0 Å².